The number of benzene rings is 2. The van der Waals surface area contributed by atoms with E-state index in [2.05, 4.69) is 62.9 Å². The molecule has 0 radical (unpaired) electrons. The first-order valence-corrected chi connectivity index (χ1v) is 15.8. The molecule has 1 aliphatic heterocycles. The summed E-state index contributed by atoms with van der Waals surface area (Å²) in [4.78, 5) is 2.59. The van der Waals surface area contributed by atoms with E-state index in [9.17, 15) is 5.11 Å². The van der Waals surface area contributed by atoms with E-state index in [1.54, 1.807) is 0 Å². The molecule has 30 heavy (non-hydrogen) atoms. The molecule has 1 atom stereocenters. The van der Waals surface area contributed by atoms with Crippen molar-refractivity contribution in [2.75, 3.05) is 13.1 Å². The van der Waals surface area contributed by atoms with Gasteiger partial charge >= 0.3 is 35.6 Å². The molecule has 164 valence electrons. The number of nitrogens with zero attached hydrogens (tertiary/aromatic N) is 1. The van der Waals surface area contributed by atoms with E-state index in [1.165, 1.54) is 54.3 Å². The molecule has 0 spiro atoms. The van der Waals surface area contributed by atoms with Crippen LogP contribution in [0.15, 0.2) is 30.3 Å². The van der Waals surface area contributed by atoms with Crippen LogP contribution < -0.4 is 10.6 Å². The Morgan fingerprint density at radius 2 is 1.63 bits per heavy atom. The minimum atomic E-state index is -0.556. The van der Waals surface area contributed by atoms with E-state index in [1.807, 2.05) is 6.92 Å². The Kier molecular flexibility index (Phi) is 10.7. The summed E-state index contributed by atoms with van der Waals surface area (Å²) in [5.41, 5.74) is 5.11. The van der Waals surface area contributed by atoms with Crippen LogP contribution in [0.4, 0.5) is 0 Å². The summed E-state index contributed by atoms with van der Waals surface area (Å²) in [6, 6.07) is 11.2. The Bertz CT molecular complexity index is 833. The molecular weight excluding hydrogens is 468 g/mol. The molecule has 2 nitrogen and oxygen atoms in total. The Morgan fingerprint density at radius 1 is 1.00 bits per heavy atom. The summed E-state index contributed by atoms with van der Waals surface area (Å²) in [5.74, 6) is 0.464. The van der Waals surface area contributed by atoms with Crippen LogP contribution in [0.2, 0.25) is 0 Å². The Morgan fingerprint density at radius 3 is 2.23 bits per heavy atom. The average molecular weight is 502 g/mol. The summed E-state index contributed by atoms with van der Waals surface area (Å²) in [6.45, 7) is 14.3. The maximum absolute atomic E-state index is 10.7. The van der Waals surface area contributed by atoms with Crippen molar-refractivity contribution in [1.29, 1.82) is 0 Å². The van der Waals surface area contributed by atoms with Gasteiger partial charge in [-0.05, 0) is 73.3 Å². The Labute approximate surface area is 201 Å². The number of piperidine rings is 1. The molecule has 0 saturated carbocycles. The fourth-order valence-electron chi connectivity index (χ4n) is 3.79. The monoisotopic (exact) mass is 501 g/mol. The second kappa shape index (κ2) is 12.2. The fourth-order valence-corrected chi connectivity index (χ4v) is 5.10. The first-order chi connectivity index (χ1) is 14.2. The van der Waals surface area contributed by atoms with Gasteiger partial charge in [0.2, 0.25) is 0 Å². The van der Waals surface area contributed by atoms with Gasteiger partial charge in [0.15, 0.2) is 0 Å². The van der Waals surface area contributed by atoms with Crippen LogP contribution in [-0.4, -0.2) is 23.1 Å². The summed E-state index contributed by atoms with van der Waals surface area (Å²) in [5, 5.41) is 13.2. The van der Waals surface area contributed by atoms with Crippen LogP contribution >= 0.6 is 27.2 Å². The second-order valence-corrected chi connectivity index (χ2v) is 13.0. The van der Waals surface area contributed by atoms with Gasteiger partial charge in [0, 0.05) is 11.8 Å². The van der Waals surface area contributed by atoms with Crippen molar-refractivity contribution < 1.29 is 22.1 Å². The van der Waals surface area contributed by atoms with Crippen LogP contribution in [-0.2, 0) is 29.0 Å². The molecule has 0 aromatic heterocycles. The Hall–Kier alpha value is -0.0757. The van der Waals surface area contributed by atoms with E-state index in [0.717, 1.165) is 17.4 Å². The summed E-state index contributed by atoms with van der Waals surface area (Å²) < 4.78 is 0. The topological polar surface area (TPSA) is 23.5 Å². The predicted molar refractivity (Wildman–Crippen MR) is 131 cm³/mol. The molecule has 0 amide bonds. The molecule has 1 N–H and O–H groups in total. The second-order valence-electron chi connectivity index (χ2n) is 9.13. The number of rotatable bonds is 4. The van der Waals surface area contributed by atoms with Gasteiger partial charge in [-0.2, -0.15) is 0 Å². The van der Waals surface area contributed by atoms with Crippen molar-refractivity contribution >= 4 is 37.8 Å². The van der Waals surface area contributed by atoms with Crippen molar-refractivity contribution in [3.63, 3.8) is 0 Å². The third-order valence-electron chi connectivity index (χ3n) is 5.54. The van der Waals surface area contributed by atoms with E-state index in [0.29, 0.717) is 14.3 Å². The fraction of sp³-hybridized carbons (Fsp3) is 0.500. The zero-order valence-electron chi connectivity index (χ0n) is 18.8. The molecule has 2 aromatic rings. The van der Waals surface area contributed by atoms with Gasteiger partial charge in [0.05, 0.1) is 0 Å². The van der Waals surface area contributed by atoms with Crippen molar-refractivity contribution in [3.8, 4) is 5.75 Å². The third kappa shape index (κ3) is 7.81. The number of likely N-dealkylation sites (tertiary alicyclic amines) is 1. The standard InChI is InChI=1S/C24H34NOP.2ClH.Ti/c1-17-9-10-21(19(13-17)16-25-11-7-6-8-12-25)27-22-15-20(24(3,4)5)14-18(2)23(22)26;;;/h9-10,13-15,26-27H,6-8,11-12,16H2,1-5H3;2*1H;/q;;;+2/p-2. The minimum absolute atomic E-state index is 0.0849. The number of phenolic OH excluding ortho intramolecular Hbond substituents is 1. The van der Waals surface area contributed by atoms with Gasteiger partial charge in [-0.25, -0.2) is 0 Å². The number of aryl methyl sites for hydroxylation is 2. The Balaban J connectivity index is 0.00000101. The van der Waals surface area contributed by atoms with Gasteiger partial charge in [-0.15, -0.1) is 0 Å². The van der Waals surface area contributed by atoms with E-state index >= 15 is 0 Å². The number of phenols is 1. The zero-order chi connectivity index (χ0) is 22.3. The molecule has 1 saturated heterocycles. The molecule has 1 unspecified atom stereocenters. The molecule has 6 heteroatoms. The SMILES string of the molecule is Cc1ccc(Pc2cc(C(C)(C)C)cc(C)c2O)c(CN2CCCCC2)c1.[Cl][Ti][Cl]. The van der Waals surface area contributed by atoms with Crippen LogP contribution in [0.5, 0.6) is 5.75 Å². The molecular formula is C24H34Cl2NOPTi. The van der Waals surface area contributed by atoms with E-state index in [-0.39, 0.29) is 5.41 Å². The average Bonchev–Trinajstić information content (AvgIpc) is 2.68. The van der Waals surface area contributed by atoms with Gasteiger partial charge < -0.3 is 5.11 Å². The number of aromatic hydroxyl groups is 1. The van der Waals surface area contributed by atoms with Gasteiger partial charge in [-0.1, -0.05) is 65.6 Å². The summed E-state index contributed by atoms with van der Waals surface area (Å²) in [7, 11) is 10.3. The van der Waals surface area contributed by atoms with Crippen LogP contribution in [0.1, 0.15) is 62.3 Å². The molecule has 0 bridgehead atoms. The normalized spacial score (nSPS) is 15.2. The first-order valence-electron chi connectivity index (χ1n) is 10.5. The molecule has 0 aliphatic carbocycles. The van der Waals surface area contributed by atoms with Gasteiger partial charge in [0.1, 0.15) is 5.75 Å². The first kappa shape index (κ1) is 26.2. The predicted octanol–water partition coefficient (Wildman–Crippen LogP) is 6.30. The summed E-state index contributed by atoms with van der Waals surface area (Å²) in [6.07, 6.45) is 4.00. The molecule has 1 fully saturated rings. The van der Waals surface area contributed by atoms with Gasteiger partial charge in [-0.3, -0.25) is 4.90 Å². The van der Waals surface area contributed by atoms with Gasteiger partial charge in [0.25, 0.3) is 0 Å². The van der Waals surface area contributed by atoms with Crippen molar-refractivity contribution in [3.05, 3.63) is 52.6 Å². The van der Waals surface area contributed by atoms with E-state index in [4.69, 9.17) is 18.6 Å². The third-order valence-corrected chi connectivity index (χ3v) is 6.95. The van der Waals surface area contributed by atoms with Crippen molar-refractivity contribution in [2.45, 2.75) is 65.8 Å². The molecule has 1 aliphatic rings. The zero-order valence-corrected chi connectivity index (χ0v) is 22.9. The molecule has 1 heterocycles. The van der Waals surface area contributed by atoms with Crippen LogP contribution in [0.25, 0.3) is 0 Å². The van der Waals surface area contributed by atoms with Crippen molar-refractivity contribution in [1.82, 2.24) is 4.90 Å². The number of hydrogen-bond acceptors (Lipinski definition) is 2. The molecule has 2 aromatic carbocycles. The van der Waals surface area contributed by atoms with Crippen LogP contribution in [0, 0.1) is 13.8 Å². The molecule has 3 rings (SSSR count). The maximum atomic E-state index is 10.7. The quantitative estimate of drug-likeness (QED) is 0.392. The van der Waals surface area contributed by atoms with E-state index < -0.39 is 17.0 Å². The summed E-state index contributed by atoms with van der Waals surface area (Å²) >= 11 is -0.556. The number of hydrogen-bond donors (Lipinski definition) is 1. The van der Waals surface area contributed by atoms with Crippen LogP contribution in [0.3, 0.4) is 0 Å². The number of halogens is 2. The van der Waals surface area contributed by atoms with Crippen molar-refractivity contribution in [2.24, 2.45) is 0 Å².